The Hall–Kier alpha value is -1.55. The van der Waals surface area contributed by atoms with Crippen LogP contribution < -0.4 is 4.74 Å². The quantitative estimate of drug-likeness (QED) is 0.524. The summed E-state index contributed by atoms with van der Waals surface area (Å²) >= 11 is 0. The van der Waals surface area contributed by atoms with Gasteiger partial charge in [-0.2, -0.15) is 0 Å². The van der Waals surface area contributed by atoms with Gasteiger partial charge in [-0.15, -0.1) is 0 Å². The molecule has 4 heteroatoms. The summed E-state index contributed by atoms with van der Waals surface area (Å²) < 4.78 is 5.57. The maximum atomic E-state index is 12.0. The number of rotatable bonds is 13. The monoisotopic (exact) mass is 336 g/mol. The summed E-state index contributed by atoms with van der Waals surface area (Å²) in [6.07, 6.45) is 6.60. The number of aromatic hydroxyl groups is 1. The van der Waals surface area contributed by atoms with Crippen LogP contribution in [0.1, 0.15) is 70.8 Å². The third kappa shape index (κ3) is 8.34. The molecule has 0 aliphatic heterocycles. The van der Waals surface area contributed by atoms with Gasteiger partial charge in [0.1, 0.15) is 5.78 Å². The molecule has 0 saturated heterocycles. The predicted octanol–water partition coefficient (Wildman–Crippen LogP) is 4.40. The highest BCUT2D eigenvalue weighted by atomic mass is 16.5. The molecule has 4 nitrogen and oxygen atoms in total. The van der Waals surface area contributed by atoms with Crippen molar-refractivity contribution in [3.63, 3.8) is 0 Å². The van der Waals surface area contributed by atoms with Gasteiger partial charge in [-0.1, -0.05) is 45.6 Å². The highest BCUT2D eigenvalue weighted by Crippen LogP contribution is 2.27. The molecule has 0 saturated carbocycles. The molecule has 0 heterocycles. The molecule has 1 unspecified atom stereocenters. The van der Waals surface area contributed by atoms with E-state index < -0.39 is 6.10 Å². The van der Waals surface area contributed by atoms with Crippen molar-refractivity contribution in [2.45, 2.75) is 77.7 Å². The van der Waals surface area contributed by atoms with Crippen molar-refractivity contribution in [1.82, 2.24) is 0 Å². The molecular formula is C20H32O4. The molecule has 1 aromatic rings. The van der Waals surface area contributed by atoms with E-state index in [0.29, 0.717) is 31.6 Å². The van der Waals surface area contributed by atoms with Crippen molar-refractivity contribution >= 4 is 5.78 Å². The van der Waals surface area contributed by atoms with E-state index in [0.717, 1.165) is 37.7 Å². The number of benzene rings is 1. The second-order valence-electron chi connectivity index (χ2n) is 6.40. The molecule has 1 atom stereocenters. The van der Waals surface area contributed by atoms with E-state index in [1.807, 2.05) is 6.07 Å². The smallest absolute Gasteiger partial charge is 0.161 e. The van der Waals surface area contributed by atoms with Gasteiger partial charge >= 0.3 is 0 Å². The van der Waals surface area contributed by atoms with Gasteiger partial charge in [-0.25, -0.2) is 0 Å². The van der Waals surface area contributed by atoms with Crippen LogP contribution in [0.15, 0.2) is 18.2 Å². The lowest BCUT2D eigenvalue weighted by atomic mass is 10.0. The van der Waals surface area contributed by atoms with Crippen molar-refractivity contribution in [3.8, 4) is 11.5 Å². The number of carbonyl (C=O) groups is 1. The molecule has 136 valence electrons. The summed E-state index contributed by atoms with van der Waals surface area (Å²) in [5.41, 5.74) is 0.966. The Balaban J connectivity index is 2.40. The Morgan fingerprint density at radius 1 is 1.17 bits per heavy atom. The molecule has 0 radical (unpaired) electrons. The third-order valence-electron chi connectivity index (χ3n) is 4.08. The van der Waals surface area contributed by atoms with Gasteiger partial charge < -0.3 is 14.9 Å². The fourth-order valence-corrected chi connectivity index (χ4v) is 2.54. The van der Waals surface area contributed by atoms with E-state index in [-0.39, 0.29) is 18.0 Å². The number of hydrogen-bond acceptors (Lipinski definition) is 4. The maximum Gasteiger partial charge on any atom is 0.161 e. The molecule has 0 bridgehead atoms. The predicted molar refractivity (Wildman–Crippen MR) is 96.6 cm³/mol. The van der Waals surface area contributed by atoms with Gasteiger partial charge in [-0.05, 0) is 37.0 Å². The molecule has 24 heavy (non-hydrogen) atoms. The van der Waals surface area contributed by atoms with Gasteiger partial charge in [0.2, 0.25) is 0 Å². The number of Topliss-reactive ketones (excluding diaryl/α,β-unsaturated/α-hetero) is 1. The topological polar surface area (TPSA) is 66.8 Å². The lowest BCUT2D eigenvalue weighted by Gasteiger charge is -2.11. The number of unbranched alkanes of at least 4 members (excludes halogenated alkanes) is 3. The van der Waals surface area contributed by atoms with Crippen molar-refractivity contribution in [2.24, 2.45) is 0 Å². The zero-order chi connectivity index (χ0) is 17.8. The van der Waals surface area contributed by atoms with Crippen LogP contribution in [-0.2, 0) is 11.2 Å². The average molecular weight is 336 g/mol. The van der Waals surface area contributed by atoms with Crippen LogP contribution in [0.4, 0.5) is 0 Å². The summed E-state index contributed by atoms with van der Waals surface area (Å²) in [6, 6.07) is 5.23. The highest BCUT2D eigenvalue weighted by molar-refractivity contribution is 5.79. The van der Waals surface area contributed by atoms with Crippen LogP contribution in [0.5, 0.6) is 11.5 Å². The summed E-state index contributed by atoms with van der Waals surface area (Å²) in [5, 5.41) is 19.7. The summed E-state index contributed by atoms with van der Waals surface area (Å²) in [4.78, 5) is 12.0. The van der Waals surface area contributed by atoms with Crippen molar-refractivity contribution < 1.29 is 19.7 Å². The summed E-state index contributed by atoms with van der Waals surface area (Å²) in [5.74, 6) is 0.695. The fraction of sp³-hybridized carbons (Fsp3) is 0.650. The molecule has 0 aromatic heterocycles. The van der Waals surface area contributed by atoms with Crippen molar-refractivity contribution in [3.05, 3.63) is 23.8 Å². The van der Waals surface area contributed by atoms with Crippen LogP contribution in [0, 0.1) is 0 Å². The molecule has 1 rings (SSSR count). The molecule has 0 fully saturated rings. The number of phenolic OH excluding ortho intramolecular Hbond substituents is 1. The Bertz CT molecular complexity index is 485. The first-order valence-corrected chi connectivity index (χ1v) is 9.21. The highest BCUT2D eigenvalue weighted by Gasteiger charge is 2.11. The first-order chi connectivity index (χ1) is 11.6. The number of hydrogen-bond donors (Lipinski definition) is 2. The lowest BCUT2D eigenvalue weighted by Crippen LogP contribution is -2.13. The SMILES string of the molecule is CCCCCC(O)CC(=O)CCc1ccc(O)c(OCCCC)c1. The Kier molecular flexibility index (Phi) is 10.2. The van der Waals surface area contributed by atoms with Crippen LogP contribution >= 0.6 is 0 Å². The number of carbonyl (C=O) groups excluding carboxylic acids is 1. The minimum atomic E-state index is -0.517. The van der Waals surface area contributed by atoms with Crippen LogP contribution in [-0.4, -0.2) is 28.7 Å². The van der Waals surface area contributed by atoms with Crippen molar-refractivity contribution in [1.29, 1.82) is 0 Å². The van der Waals surface area contributed by atoms with E-state index >= 15 is 0 Å². The zero-order valence-corrected chi connectivity index (χ0v) is 15.1. The number of phenols is 1. The zero-order valence-electron chi connectivity index (χ0n) is 15.1. The molecular weight excluding hydrogens is 304 g/mol. The van der Waals surface area contributed by atoms with Gasteiger partial charge in [0, 0.05) is 12.8 Å². The second-order valence-corrected chi connectivity index (χ2v) is 6.40. The minimum absolute atomic E-state index is 0.0838. The number of ether oxygens (including phenoxy) is 1. The van der Waals surface area contributed by atoms with Crippen LogP contribution in [0.3, 0.4) is 0 Å². The first kappa shape index (κ1) is 20.5. The van der Waals surface area contributed by atoms with Gasteiger partial charge in [0.25, 0.3) is 0 Å². The number of aryl methyl sites for hydroxylation is 1. The second kappa shape index (κ2) is 11.9. The Morgan fingerprint density at radius 2 is 1.92 bits per heavy atom. The van der Waals surface area contributed by atoms with Gasteiger partial charge in [0.15, 0.2) is 11.5 Å². The molecule has 0 aliphatic carbocycles. The molecule has 1 aromatic carbocycles. The van der Waals surface area contributed by atoms with Crippen LogP contribution in [0.2, 0.25) is 0 Å². The number of aliphatic hydroxyl groups is 1. The maximum absolute atomic E-state index is 12.0. The van der Waals surface area contributed by atoms with E-state index in [1.54, 1.807) is 12.1 Å². The van der Waals surface area contributed by atoms with Gasteiger partial charge in [0.05, 0.1) is 12.7 Å². The molecule has 2 N–H and O–H groups in total. The fourth-order valence-electron chi connectivity index (χ4n) is 2.54. The molecule has 0 aliphatic rings. The minimum Gasteiger partial charge on any atom is -0.504 e. The molecule has 0 amide bonds. The first-order valence-electron chi connectivity index (χ1n) is 9.21. The summed E-state index contributed by atoms with van der Waals surface area (Å²) in [6.45, 7) is 4.79. The largest absolute Gasteiger partial charge is 0.504 e. The Labute approximate surface area is 145 Å². The standard InChI is InChI=1S/C20H32O4/c1-3-5-7-8-17(21)15-18(22)11-9-16-10-12-19(23)20(14-16)24-13-6-4-2/h10,12,14,17,21,23H,3-9,11,13,15H2,1-2H3. The lowest BCUT2D eigenvalue weighted by molar-refractivity contribution is -0.121. The van der Waals surface area contributed by atoms with Gasteiger partial charge in [-0.3, -0.25) is 4.79 Å². The van der Waals surface area contributed by atoms with Crippen molar-refractivity contribution in [2.75, 3.05) is 6.61 Å². The van der Waals surface area contributed by atoms with Crippen LogP contribution in [0.25, 0.3) is 0 Å². The van der Waals surface area contributed by atoms with E-state index in [1.165, 1.54) is 0 Å². The third-order valence-corrected chi connectivity index (χ3v) is 4.08. The van der Waals surface area contributed by atoms with E-state index in [4.69, 9.17) is 4.74 Å². The summed E-state index contributed by atoms with van der Waals surface area (Å²) in [7, 11) is 0. The van der Waals surface area contributed by atoms with E-state index in [2.05, 4.69) is 13.8 Å². The number of aliphatic hydroxyl groups excluding tert-OH is 1. The molecule has 0 spiro atoms. The normalized spacial score (nSPS) is 12.1. The number of ketones is 1. The van der Waals surface area contributed by atoms with E-state index in [9.17, 15) is 15.0 Å². The Morgan fingerprint density at radius 3 is 2.62 bits per heavy atom. The average Bonchev–Trinajstić information content (AvgIpc) is 2.55.